The van der Waals surface area contributed by atoms with Gasteiger partial charge in [-0.1, -0.05) is 29.9 Å². The Morgan fingerprint density at radius 2 is 2.22 bits per heavy atom. The molecule has 1 aromatic heterocycles. The lowest BCUT2D eigenvalue weighted by atomic mass is 10.1. The van der Waals surface area contributed by atoms with Crippen molar-refractivity contribution < 1.29 is 4.79 Å². The Balaban J connectivity index is 2.19. The van der Waals surface area contributed by atoms with Crippen molar-refractivity contribution in [1.29, 1.82) is 0 Å². The Bertz CT molecular complexity index is 579. The zero-order chi connectivity index (χ0) is 13.1. The second-order valence-electron chi connectivity index (χ2n) is 3.90. The summed E-state index contributed by atoms with van der Waals surface area (Å²) in [7, 11) is 0. The average molecular weight is 262 g/mol. The smallest absolute Gasteiger partial charge is 0.259 e. The fraction of sp³-hybridized carbons (Fsp3) is 0.250. The van der Waals surface area contributed by atoms with Gasteiger partial charge in [-0.05, 0) is 25.5 Å². The summed E-state index contributed by atoms with van der Waals surface area (Å²) < 4.78 is 0. The molecule has 2 aromatic rings. The van der Waals surface area contributed by atoms with Crippen LogP contribution in [0, 0.1) is 6.92 Å². The summed E-state index contributed by atoms with van der Waals surface area (Å²) in [6, 6.07) is 5.35. The molecule has 0 aliphatic carbocycles. The maximum atomic E-state index is 12.0. The van der Waals surface area contributed by atoms with Crippen LogP contribution < -0.4 is 11.1 Å². The van der Waals surface area contributed by atoms with Crippen molar-refractivity contribution in [3.8, 4) is 0 Å². The van der Waals surface area contributed by atoms with Gasteiger partial charge in [0.1, 0.15) is 5.01 Å². The molecule has 0 saturated carbocycles. The first-order valence-corrected chi connectivity index (χ1v) is 6.41. The third kappa shape index (κ3) is 2.65. The number of carbonyl (C=O) groups is 1. The molecule has 0 radical (unpaired) electrons. The second-order valence-corrected chi connectivity index (χ2v) is 4.96. The summed E-state index contributed by atoms with van der Waals surface area (Å²) in [5, 5.41) is 11.9. The number of nitrogen functional groups attached to an aromatic ring is 1. The van der Waals surface area contributed by atoms with Crippen LogP contribution in [-0.2, 0) is 6.42 Å². The van der Waals surface area contributed by atoms with Crippen molar-refractivity contribution in [2.24, 2.45) is 0 Å². The monoisotopic (exact) mass is 262 g/mol. The lowest BCUT2D eigenvalue weighted by Crippen LogP contribution is -2.14. The minimum absolute atomic E-state index is 0.255. The van der Waals surface area contributed by atoms with Gasteiger partial charge >= 0.3 is 0 Å². The molecule has 0 spiro atoms. The molecule has 0 saturated heterocycles. The molecule has 1 aromatic carbocycles. The van der Waals surface area contributed by atoms with E-state index in [0.717, 1.165) is 17.0 Å². The number of hydrogen-bond acceptors (Lipinski definition) is 5. The van der Waals surface area contributed by atoms with Crippen molar-refractivity contribution in [1.82, 2.24) is 10.2 Å². The fourth-order valence-electron chi connectivity index (χ4n) is 1.48. The number of nitrogens with two attached hydrogens (primary N) is 1. The predicted octanol–water partition coefficient (Wildman–Crippen LogP) is 2.24. The molecule has 2 rings (SSSR count). The molecule has 0 bridgehead atoms. The minimum atomic E-state index is -0.255. The van der Waals surface area contributed by atoms with Crippen LogP contribution in [0.3, 0.4) is 0 Å². The SMILES string of the molecule is CCc1nnc(NC(=O)c2cc(C)ccc2N)s1. The summed E-state index contributed by atoms with van der Waals surface area (Å²) in [5.74, 6) is -0.255. The molecule has 6 heteroatoms. The van der Waals surface area contributed by atoms with Crippen LogP contribution >= 0.6 is 11.3 Å². The van der Waals surface area contributed by atoms with Crippen molar-refractivity contribution in [3.63, 3.8) is 0 Å². The van der Waals surface area contributed by atoms with E-state index in [1.54, 1.807) is 12.1 Å². The molecular weight excluding hydrogens is 248 g/mol. The lowest BCUT2D eigenvalue weighted by molar-refractivity contribution is 0.102. The lowest BCUT2D eigenvalue weighted by Gasteiger charge is -2.05. The molecule has 1 heterocycles. The first-order valence-electron chi connectivity index (χ1n) is 5.60. The molecule has 1 amide bonds. The zero-order valence-corrected chi connectivity index (χ0v) is 11.0. The summed E-state index contributed by atoms with van der Waals surface area (Å²) in [5.41, 5.74) is 7.69. The maximum Gasteiger partial charge on any atom is 0.259 e. The van der Waals surface area contributed by atoms with Gasteiger partial charge in [0.05, 0.1) is 5.56 Å². The van der Waals surface area contributed by atoms with E-state index in [1.807, 2.05) is 19.9 Å². The Morgan fingerprint density at radius 3 is 2.89 bits per heavy atom. The molecule has 94 valence electrons. The number of benzene rings is 1. The Morgan fingerprint density at radius 1 is 1.44 bits per heavy atom. The van der Waals surface area contributed by atoms with Gasteiger partial charge in [-0.25, -0.2) is 0 Å². The van der Waals surface area contributed by atoms with E-state index in [9.17, 15) is 4.79 Å². The minimum Gasteiger partial charge on any atom is -0.398 e. The number of aromatic nitrogens is 2. The van der Waals surface area contributed by atoms with Crippen molar-refractivity contribution in [3.05, 3.63) is 34.3 Å². The van der Waals surface area contributed by atoms with Gasteiger partial charge in [-0.15, -0.1) is 10.2 Å². The Labute approximate surface area is 109 Å². The summed E-state index contributed by atoms with van der Waals surface area (Å²) >= 11 is 1.37. The van der Waals surface area contributed by atoms with Gasteiger partial charge in [0.25, 0.3) is 5.91 Å². The van der Waals surface area contributed by atoms with E-state index in [2.05, 4.69) is 15.5 Å². The normalized spacial score (nSPS) is 10.3. The topological polar surface area (TPSA) is 80.9 Å². The van der Waals surface area contributed by atoms with E-state index in [1.165, 1.54) is 11.3 Å². The van der Waals surface area contributed by atoms with Gasteiger partial charge in [-0.3, -0.25) is 10.1 Å². The van der Waals surface area contributed by atoms with E-state index in [0.29, 0.717) is 16.4 Å². The van der Waals surface area contributed by atoms with Crippen molar-refractivity contribution in [2.45, 2.75) is 20.3 Å². The number of carbonyl (C=O) groups excluding carboxylic acids is 1. The molecular formula is C12H14N4OS. The quantitative estimate of drug-likeness (QED) is 0.831. The molecule has 0 atom stereocenters. The molecule has 3 N–H and O–H groups in total. The van der Waals surface area contributed by atoms with Crippen LogP contribution in [0.4, 0.5) is 10.8 Å². The van der Waals surface area contributed by atoms with Crippen LogP contribution in [0.1, 0.15) is 27.9 Å². The van der Waals surface area contributed by atoms with E-state index in [-0.39, 0.29) is 5.91 Å². The van der Waals surface area contributed by atoms with Gasteiger partial charge in [0, 0.05) is 5.69 Å². The third-order valence-electron chi connectivity index (χ3n) is 2.44. The number of amides is 1. The van der Waals surface area contributed by atoms with Crippen LogP contribution in [0.15, 0.2) is 18.2 Å². The molecule has 0 aliphatic heterocycles. The van der Waals surface area contributed by atoms with Crippen molar-refractivity contribution in [2.75, 3.05) is 11.1 Å². The van der Waals surface area contributed by atoms with Gasteiger partial charge < -0.3 is 5.73 Å². The molecule has 0 unspecified atom stereocenters. The molecule has 5 nitrogen and oxygen atoms in total. The maximum absolute atomic E-state index is 12.0. The zero-order valence-electron chi connectivity index (χ0n) is 10.2. The highest BCUT2D eigenvalue weighted by Crippen LogP contribution is 2.19. The highest BCUT2D eigenvalue weighted by molar-refractivity contribution is 7.15. The first kappa shape index (κ1) is 12.5. The van der Waals surface area contributed by atoms with Crippen LogP contribution in [0.2, 0.25) is 0 Å². The third-order valence-corrected chi connectivity index (χ3v) is 3.43. The van der Waals surface area contributed by atoms with E-state index >= 15 is 0 Å². The molecule has 0 fully saturated rings. The Kier molecular flexibility index (Phi) is 3.57. The number of aryl methyl sites for hydroxylation is 2. The number of anilines is 2. The summed E-state index contributed by atoms with van der Waals surface area (Å²) in [6.45, 7) is 3.90. The number of hydrogen-bond donors (Lipinski definition) is 2. The van der Waals surface area contributed by atoms with Gasteiger partial charge in [-0.2, -0.15) is 0 Å². The second kappa shape index (κ2) is 5.14. The summed E-state index contributed by atoms with van der Waals surface area (Å²) in [4.78, 5) is 12.0. The Hall–Kier alpha value is -1.95. The molecule has 18 heavy (non-hydrogen) atoms. The predicted molar refractivity (Wildman–Crippen MR) is 72.8 cm³/mol. The molecule has 0 aliphatic rings. The van der Waals surface area contributed by atoms with Gasteiger partial charge in [0.15, 0.2) is 0 Å². The van der Waals surface area contributed by atoms with Crippen molar-refractivity contribution >= 4 is 28.1 Å². The fourth-order valence-corrected chi connectivity index (χ4v) is 2.15. The van der Waals surface area contributed by atoms with E-state index < -0.39 is 0 Å². The van der Waals surface area contributed by atoms with Crippen LogP contribution in [0.25, 0.3) is 0 Å². The number of nitrogens with one attached hydrogen (secondary N) is 1. The number of nitrogens with zero attached hydrogens (tertiary/aromatic N) is 2. The number of rotatable bonds is 3. The average Bonchev–Trinajstić information content (AvgIpc) is 2.80. The van der Waals surface area contributed by atoms with Crippen LogP contribution in [-0.4, -0.2) is 16.1 Å². The van der Waals surface area contributed by atoms with Crippen LogP contribution in [0.5, 0.6) is 0 Å². The first-order chi connectivity index (χ1) is 8.60. The van der Waals surface area contributed by atoms with Gasteiger partial charge in [0.2, 0.25) is 5.13 Å². The van der Waals surface area contributed by atoms with E-state index in [4.69, 9.17) is 5.73 Å². The largest absolute Gasteiger partial charge is 0.398 e. The highest BCUT2D eigenvalue weighted by Gasteiger charge is 2.12. The highest BCUT2D eigenvalue weighted by atomic mass is 32.1. The summed E-state index contributed by atoms with van der Waals surface area (Å²) in [6.07, 6.45) is 0.806. The standard InChI is InChI=1S/C12H14N4OS/c1-3-10-15-16-12(18-10)14-11(17)8-6-7(2)4-5-9(8)13/h4-6H,3,13H2,1-2H3,(H,14,16,17).